The van der Waals surface area contributed by atoms with Crippen LogP contribution in [0.3, 0.4) is 0 Å². The number of allylic oxidation sites excluding steroid dienone is 2. The van der Waals surface area contributed by atoms with Crippen molar-refractivity contribution >= 4 is 0 Å². The van der Waals surface area contributed by atoms with Crippen LogP contribution in [0.4, 0.5) is 0 Å². The number of rotatable bonds is 1. The second-order valence-electron chi connectivity index (χ2n) is 2.16. The summed E-state index contributed by atoms with van der Waals surface area (Å²) in [5.74, 6) is 0. The van der Waals surface area contributed by atoms with Gasteiger partial charge in [0.1, 0.15) is 6.10 Å². The Hall–Kier alpha value is -0.560. The molecule has 0 fully saturated rings. The van der Waals surface area contributed by atoms with E-state index in [4.69, 9.17) is 4.74 Å². The molecular formula is C8H11O. The Morgan fingerprint density at radius 1 is 1.44 bits per heavy atom. The predicted molar refractivity (Wildman–Crippen MR) is 37.8 cm³/mol. The summed E-state index contributed by atoms with van der Waals surface area (Å²) in [6.07, 6.45) is 8.20. The highest BCUT2D eigenvalue weighted by atomic mass is 16.5. The molecular weight excluding hydrogens is 112 g/mol. The third kappa shape index (κ3) is 1.68. The molecule has 0 saturated carbocycles. The minimum Gasteiger partial charge on any atom is -0.370 e. The van der Waals surface area contributed by atoms with Gasteiger partial charge in [-0.25, -0.2) is 0 Å². The van der Waals surface area contributed by atoms with Gasteiger partial charge in [0.2, 0.25) is 0 Å². The molecule has 0 heterocycles. The highest BCUT2D eigenvalue weighted by molar-refractivity contribution is 5.27. The Labute approximate surface area is 56.0 Å². The van der Waals surface area contributed by atoms with E-state index >= 15 is 0 Å². The molecule has 0 aromatic carbocycles. The van der Waals surface area contributed by atoms with Gasteiger partial charge < -0.3 is 4.74 Å². The minimum atomic E-state index is 0.943. The predicted octanol–water partition coefficient (Wildman–Crippen LogP) is 2.07. The van der Waals surface area contributed by atoms with E-state index in [0.717, 1.165) is 12.5 Å². The molecule has 1 heteroatoms. The van der Waals surface area contributed by atoms with Crippen LogP contribution in [-0.2, 0) is 4.74 Å². The summed E-state index contributed by atoms with van der Waals surface area (Å²) in [5, 5.41) is 0. The molecule has 1 aliphatic carbocycles. The third-order valence-electron chi connectivity index (χ3n) is 1.42. The van der Waals surface area contributed by atoms with Crippen molar-refractivity contribution in [2.24, 2.45) is 0 Å². The molecule has 1 radical (unpaired) electrons. The molecule has 0 aromatic rings. The van der Waals surface area contributed by atoms with E-state index in [0.29, 0.717) is 0 Å². The fourth-order valence-electron chi connectivity index (χ4n) is 0.773. The summed E-state index contributed by atoms with van der Waals surface area (Å²) in [7, 11) is 1.70. The summed E-state index contributed by atoms with van der Waals surface area (Å²) in [4.78, 5) is 0. The second kappa shape index (κ2) is 2.83. The molecule has 0 saturated heterocycles. The van der Waals surface area contributed by atoms with Crippen LogP contribution in [0.25, 0.3) is 0 Å². The van der Waals surface area contributed by atoms with Gasteiger partial charge >= 0.3 is 0 Å². The van der Waals surface area contributed by atoms with Crippen LogP contribution in [0.5, 0.6) is 0 Å². The Balaban J connectivity index is 2.48. The van der Waals surface area contributed by atoms with Crippen molar-refractivity contribution < 1.29 is 4.74 Å². The van der Waals surface area contributed by atoms with Gasteiger partial charge in [-0.1, -0.05) is 17.7 Å². The molecule has 1 nitrogen and oxygen atoms in total. The van der Waals surface area contributed by atoms with E-state index in [1.807, 2.05) is 6.08 Å². The van der Waals surface area contributed by atoms with Crippen LogP contribution in [0, 0.1) is 6.10 Å². The molecule has 1 aliphatic rings. The van der Waals surface area contributed by atoms with E-state index in [1.54, 1.807) is 7.11 Å². The van der Waals surface area contributed by atoms with Crippen LogP contribution < -0.4 is 0 Å². The highest BCUT2D eigenvalue weighted by Gasteiger charge is 2.04. The third-order valence-corrected chi connectivity index (χ3v) is 1.42. The van der Waals surface area contributed by atoms with Gasteiger partial charge in [-0.2, -0.15) is 0 Å². The molecule has 49 valence electrons. The van der Waals surface area contributed by atoms with Gasteiger partial charge in [0.05, 0.1) is 0 Å². The first kappa shape index (κ1) is 6.56. The molecule has 0 bridgehead atoms. The van der Waals surface area contributed by atoms with E-state index < -0.39 is 0 Å². The van der Waals surface area contributed by atoms with Crippen molar-refractivity contribution in [1.29, 1.82) is 0 Å². The molecule has 0 N–H and O–H groups in total. The average Bonchev–Trinajstić information content (AvgIpc) is 1.90. The van der Waals surface area contributed by atoms with Crippen LogP contribution >= 0.6 is 0 Å². The van der Waals surface area contributed by atoms with Crippen LogP contribution in [0.15, 0.2) is 23.8 Å². The Kier molecular flexibility index (Phi) is 2.06. The smallest absolute Gasteiger partial charge is 0.122 e. The normalized spacial score (nSPS) is 20.0. The second-order valence-corrected chi connectivity index (χ2v) is 2.16. The van der Waals surface area contributed by atoms with E-state index in [9.17, 15) is 0 Å². The van der Waals surface area contributed by atoms with Gasteiger partial charge in [0.15, 0.2) is 0 Å². The molecule has 1 rings (SSSR count). The number of ether oxygens (including phenoxy) is 1. The summed E-state index contributed by atoms with van der Waals surface area (Å²) in [5.41, 5.74) is 1.32. The lowest BCUT2D eigenvalue weighted by molar-refractivity contribution is 0.229. The van der Waals surface area contributed by atoms with Gasteiger partial charge in [-0.05, 0) is 13.0 Å². The lowest BCUT2D eigenvalue weighted by Gasteiger charge is -2.10. The molecule has 0 unspecified atom stereocenters. The Morgan fingerprint density at radius 3 is 2.67 bits per heavy atom. The van der Waals surface area contributed by atoms with Gasteiger partial charge in [-0.3, -0.25) is 0 Å². The van der Waals surface area contributed by atoms with Crippen LogP contribution in [0.2, 0.25) is 0 Å². The summed E-state index contributed by atoms with van der Waals surface area (Å²) in [6.45, 7) is 2.09. The first-order valence-corrected chi connectivity index (χ1v) is 3.07. The maximum absolute atomic E-state index is 5.02. The zero-order chi connectivity index (χ0) is 6.69. The average molecular weight is 123 g/mol. The zero-order valence-electron chi connectivity index (χ0n) is 5.85. The lowest BCUT2D eigenvalue weighted by atomic mass is 10.1. The fraction of sp³-hybridized carbons (Fsp3) is 0.375. The van der Waals surface area contributed by atoms with E-state index in [-0.39, 0.29) is 0 Å². The van der Waals surface area contributed by atoms with Gasteiger partial charge in [-0.15, -0.1) is 0 Å². The van der Waals surface area contributed by atoms with E-state index in [1.165, 1.54) is 5.57 Å². The maximum Gasteiger partial charge on any atom is 0.122 e. The van der Waals surface area contributed by atoms with Gasteiger partial charge in [0.25, 0.3) is 0 Å². The van der Waals surface area contributed by atoms with Gasteiger partial charge in [0, 0.05) is 13.5 Å². The first-order chi connectivity index (χ1) is 4.33. The highest BCUT2D eigenvalue weighted by Crippen LogP contribution is 2.17. The molecule has 0 aliphatic heterocycles. The number of hydrogen-bond donors (Lipinski definition) is 0. The van der Waals surface area contributed by atoms with Crippen molar-refractivity contribution in [3.63, 3.8) is 0 Å². The Bertz CT molecular complexity index is 145. The molecule has 0 aromatic heterocycles. The summed E-state index contributed by atoms with van der Waals surface area (Å²) >= 11 is 0. The fourth-order valence-corrected chi connectivity index (χ4v) is 0.773. The standard InChI is InChI=1S/C8H11O/c1-7-3-5-8(9-2)6-4-7/h3-5H,6H2,1-2H3. The topological polar surface area (TPSA) is 9.23 Å². The van der Waals surface area contributed by atoms with E-state index in [2.05, 4.69) is 19.1 Å². The largest absolute Gasteiger partial charge is 0.370 e. The SMILES string of the molecule is CO[C]1C=CC(C)=CC1. The van der Waals surface area contributed by atoms with Crippen molar-refractivity contribution in [3.05, 3.63) is 29.9 Å². The molecule has 0 atom stereocenters. The van der Waals surface area contributed by atoms with Crippen LogP contribution in [-0.4, -0.2) is 7.11 Å². The molecule has 0 spiro atoms. The minimum absolute atomic E-state index is 0.943. The summed E-state index contributed by atoms with van der Waals surface area (Å²) < 4.78 is 5.02. The quantitative estimate of drug-likeness (QED) is 0.518. The number of methoxy groups -OCH3 is 1. The molecule has 0 amide bonds. The zero-order valence-corrected chi connectivity index (χ0v) is 5.85. The summed E-state index contributed by atoms with van der Waals surface area (Å²) in [6, 6.07) is 0. The first-order valence-electron chi connectivity index (χ1n) is 3.07. The number of hydrogen-bond acceptors (Lipinski definition) is 1. The van der Waals surface area contributed by atoms with Crippen molar-refractivity contribution in [2.75, 3.05) is 7.11 Å². The van der Waals surface area contributed by atoms with Crippen molar-refractivity contribution in [1.82, 2.24) is 0 Å². The lowest BCUT2D eigenvalue weighted by Crippen LogP contribution is -1.97. The Morgan fingerprint density at radius 2 is 2.22 bits per heavy atom. The van der Waals surface area contributed by atoms with Crippen molar-refractivity contribution in [3.8, 4) is 0 Å². The van der Waals surface area contributed by atoms with Crippen LogP contribution in [0.1, 0.15) is 13.3 Å². The monoisotopic (exact) mass is 123 g/mol. The van der Waals surface area contributed by atoms with Crippen molar-refractivity contribution in [2.45, 2.75) is 13.3 Å². The maximum atomic E-state index is 5.02. The molecule has 9 heavy (non-hydrogen) atoms.